The first-order valence-electron chi connectivity index (χ1n) is 7.25. The molecule has 1 aromatic carbocycles. The topological polar surface area (TPSA) is 89.3 Å². The largest absolute Gasteiger partial charge is 0.495 e. The van der Waals surface area contributed by atoms with E-state index in [1.807, 2.05) is 12.1 Å². The van der Waals surface area contributed by atoms with Crippen LogP contribution < -0.4 is 15.4 Å². The van der Waals surface area contributed by atoms with E-state index in [-0.39, 0.29) is 5.91 Å². The third-order valence-electron chi connectivity index (χ3n) is 3.26. The number of carbonyl (C=O) groups excluding carboxylic acids is 1. The van der Waals surface area contributed by atoms with Crippen LogP contribution in [0.5, 0.6) is 5.75 Å². The van der Waals surface area contributed by atoms with Gasteiger partial charge < -0.3 is 19.9 Å². The number of ether oxygens (including phenoxy) is 1. The monoisotopic (exact) mass is 324 g/mol. The van der Waals surface area contributed by atoms with Crippen molar-refractivity contribution >= 4 is 23.1 Å². The van der Waals surface area contributed by atoms with Gasteiger partial charge in [-0.05, 0) is 25.1 Å². The van der Waals surface area contributed by atoms with Gasteiger partial charge in [0.25, 0.3) is 5.91 Å². The summed E-state index contributed by atoms with van der Waals surface area (Å²) >= 11 is 0. The minimum atomic E-state index is -0.285. The van der Waals surface area contributed by atoms with Gasteiger partial charge in [-0.1, -0.05) is 17.3 Å². The Balaban J connectivity index is 1.76. The average molecular weight is 324 g/mol. The Morgan fingerprint density at radius 3 is 2.79 bits per heavy atom. The lowest BCUT2D eigenvalue weighted by molar-refractivity contribution is 0.102. The first-order chi connectivity index (χ1) is 11.7. The maximum atomic E-state index is 12.4. The molecule has 1 amide bonds. The Labute approximate surface area is 138 Å². The molecule has 0 spiro atoms. The van der Waals surface area contributed by atoms with Gasteiger partial charge in [0, 0.05) is 12.3 Å². The molecule has 0 saturated carbocycles. The van der Waals surface area contributed by atoms with E-state index in [2.05, 4.69) is 20.8 Å². The average Bonchev–Trinajstić information content (AvgIpc) is 3.00. The summed E-state index contributed by atoms with van der Waals surface area (Å²) < 4.78 is 10.2. The fourth-order valence-corrected chi connectivity index (χ4v) is 2.15. The highest BCUT2D eigenvalue weighted by Crippen LogP contribution is 2.24. The molecule has 0 atom stereocenters. The number of anilines is 3. The van der Waals surface area contributed by atoms with Crippen molar-refractivity contribution < 1.29 is 14.1 Å². The Bertz CT molecular complexity index is 860. The van der Waals surface area contributed by atoms with Crippen molar-refractivity contribution in [3.05, 3.63) is 60.1 Å². The Hall–Kier alpha value is -3.35. The maximum absolute atomic E-state index is 12.4. The van der Waals surface area contributed by atoms with Crippen LogP contribution in [0.2, 0.25) is 0 Å². The number of rotatable bonds is 5. The Morgan fingerprint density at radius 1 is 1.21 bits per heavy atom. The molecule has 0 aliphatic rings. The van der Waals surface area contributed by atoms with Gasteiger partial charge in [-0.3, -0.25) is 9.78 Å². The molecule has 122 valence electrons. The van der Waals surface area contributed by atoms with E-state index < -0.39 is 0 Å². The van der Waals surface area contributed by atoms with Gasteiger partial charge in [-0.2, -0.15) is 0 Å². The number of amides is 1. The standard InChI is InChI=1S/C17H16N4O3/c1-11-7-16(21-24-11)19-13-8-12(9-18-10-13)17(22)20-14-5-3-4-6-15(14)23-2/h3-10H,1-2H3,(H,19,21)(H,20,22). The number of nitrogens with zero attached hydrogens (tertiary/aromatic N) is 2. The van der Waals surface area contributed by atoms with Crippen LogP contribution in [0.3, 0.4) is 0 Å². The molecule has 2 heterocycles. The highest BCUT2D eigenvalue weighted by Gasteiger charge is 2.11. The zero-order chi connectivity index (χ0) is 16.9. The molecule has 2 N–H and O–H groups in total. The molecule has 24 heavy (non-hydrogen) atoms. The summed E-state index contributed by atoms with van der Waals surface area (Å²) in [6, 6.07) is 10.6. The summed E-state index contributed by atoms with van der Waals surface area (Å²) in [4.78, 5) is 16.5. The summed E-state index contributed by atoms with van der Waals surface area (Å²) in [5.74, 6) is 1.55. The minimum absolute atomic E-state index is 0.285. The second-order valence-corrected chi connectivity index (χ2v) is 5.06. The fraction of sp³-hybridized carbons (Fsp3) is 0.118. The van der Waals surface area contributed by atoms with E-state index >= 15 is 0 Å². The van der Waals surface area contributed by atoms with Crippen molar-refractivity contribution in [1.29, 1.82) is 0 Å². The zero-order valence-electron chi connectivity index (χ0n) is 13.2. The third kappa shape index (κ3) is 3.52. The number of hydrogen-bond acceptors (Lipinski definition) is 6. The van der Waals surface area contributed by atoms with Crippen molar-refractivity contribution in [2.45, 2.75) is 6.92 Å². The van der Waals surface area contributed by atoms with Gasteiger partial charge in [0.2, 0.25) is 0 Å². The first kappa shape index (κ1) is 15.5. The van der Waals surface area contributed by atoms with Crippen molar-refractivity contribution in [1.82, 2.24) is 10.1 Å². The van der Waals surface area contributed by atoms with E-state index in [4.69, 9.17) is 9.26 Å². The third-order valence-corrected chi connectivity index (χ3v) is 3.26. The summed E-state index contributed by atoms with van der Waals surface area (Å²) in [7, 11) is 1.55. The number of nitrogens with one attached hydrogen (secondary N) is 2. The van der Waals surface area contributed by atoms with E-state index in [9.17, 15) is 4.79 Å². The molecular weight excluding hydrogens is 308 g/mol. The van der Waals surface area contributed by atoms with Gasteiger partial charge in [-0.25, -0.2) is 0 Å². The molecule has 3 aromatic rings. The maximum Gasteiger partial charge on any atom is 0.257 e. The lowest BCUT2D eigenvalue weighted by atomic mass is 10.2. The number of hydrogen-bond donors (Lipinski definition) is 2. The number of para-hydroxylation sites is 2. The van der Waals surface area contributed by atoms with Gasteiger partial charge in [-0.15, -0.1) is 0 Å². The van der Waals surface area contributed by atoms with Gasteiger partial charge >= 0.3 is 0 Å². The summed E-state index contributed by atoms with van der Waals surface area (Å²) in [6.45, 7) is 1.80. The molecule has 0 aliphatic carbocycles. The van der Waals surface area contributed by atoms with Gasteiger partial charge in [0.1, 0.15) is 11.5 Å². The van der Waals surface area contributed by atoms with Crippen molar-refractivity contribution in [3.63, 3.8) is 0 Å². The molecule has 2 aromatic heterocycles. The van der Waals surface area contributed by atoms with E-state index in [0.717, 1.165) is 0 Å². The lowest BCUT2D eigenvalue weighted by Crippen LogP contribution is -2.13. The predicted molar refractivity (Wildman–Crippen MR) is 89.7 cm³/mol. The number of pyridine rings is 1. The number of aryl methyl sites for hydroxylation is 1. The summed E-state index contributed by atoms with van der Waals surface area (Å²) in [6.07, 6.45) is 3.09. The fourth-order valence-electron chi connectivity index (χ4n) is 2.15. The van der Waals surface area contributed by atoms with Crippen LogP contribution in [0.4, 0.5) is 17.2 Å². The van der Waals surface area contributed by atoms with Crippen LogP contribution in [0.1, 0.15) is 16.1 Å². The Morgan fingerprint density at radius 2 is 2.04 bits per heavy atom. The number of methoxy groups -OCH3 is 1. The number of benzene rings is 1. The normalized spacial score (nSPS) is 10.2. The molecule has 3 rings (SSSR count). The SMILES string of the molecule is COc1ccccc1NC(=O)c1cncc(Nc2cc(C)on2)c1. The minimum Gasteiger partial charge on any atom is -0.495 e. The van der Waals surface area contributed by atoms with Crippen LogP contribution >= 0.6 is 0 Å². The number of carbonyl (C=O) groups is 1. The molecule has 0 unspecified atom stereocenters. The van der Waals surface area contributed by atoms with Gasteiger partial charge in [0.05, 0.1) is 30.2 Å². The first-order valence-corrected chi connectivity index (χ1v) is 7.25. The van der Waals surface area contributed by atoms with Crippen LogP contribution in [0, 0.1) is 6.92 Å². The lowest BCUT2D eigenvalue weighted by Gasteiger charge is -2.10. The van der Waals surface area contributed by atoms with Crippen molar-refractivity contribution in [2.75, 3.05) is 17.7 Å². The highest BCUT2D eigenvalue weighted by atomic mass is 16.5. The van der Waals surface area contributed by atoms with E-state index in [0.29, 0.717) is 34.3 Å². The molecule has 7 heteroatoms. The smallest absolute Gasteiger partial charge is 0.257 e. The zero-order valence-corrected chi connectivity index (χ0v) is 13.2. The number of aromatic nitrogens is 2. The van der Waals surface area contributed by atoms with Crippen LogP contribution in [0.15, 0.2) is 53.3 Å². The highest BCUT2D eigenvalue weighted by molar-refractivity contribution is 6.05. The quantitative estimate of drug-likeness (QED) is 0.748. The van der Waals surface area contributed by atoms with Crippen LogP contribution in [-0.4, -0.2) is 23.2 Å². The molecule has 0 saturated heterocycles. The molecule has 0 radical (unpaired) electrons. The van der Waals surface area contributed by atoms with Crippen LogP contribution in [0.25, 0.3) is 0 Å². The van der Waals surface area contributed by atoms with Crippen LogP contribution in [-0.2, 0) is 0 Å². The molecule has 0 bridgehead atoms. The van der Waals surface area contributed by atoms with E-state index in [1.54, 1.807) is 44.5 Å². The second-order valence-electron chi connectivity index (χ2n) is 5.06. The van der Waals surface area contributed by atoms with Gasteiger partial charge in [0.15, 0.2) is 5.82 Å². The Kier molecular flexibility index (Phi) is 4.42. The molecule has 0 fully saturated rings. The van der Waals surface area contributed by atoms with Crippen molar-refractivity contribution in [2.24, 2.45) is 0 Å². The van der Waals surface area contributed by atoms with Crippen molar-refractivity contribution in [3.8, 4) is 5.75 Å². The molecule has 0 aliphatic heterocycles. The summed E-state index contributed by atoms with van der Waals surface area (Å²) in [5.41, 5.74) is 1.64. The van der Waals surface area contributed by atoms with E-state index in [1.165, 1.54) is 6.20 Å². The molecular formula is C17H16N4O3. The second kappa shape index (κ2) is 6.82. The summed E-state index contributed by atoms with van der Waals surface area (Å²) in [5, 5.41) is 9.69. The molecule has 7 nitrogen and oxygen atoms in total. The predicted octanol–water partition coefficient (Wildman–Crippen LogP) is 3.38.